The minimum atomic E-state index is 0.0628. The molecular weight excluding hydrogens is 250 g/mol. The number of ether oxygens (including phenoxy) is 2. The maximum atomic E-state index is 6.40. The van der Waals surface area contributed by atoms with E-state index in [1.807, 2.05) is 0 Å². The van der Waals surface area contributed by atoms with Crippen molar-refractivity contribution in [1.29, 1.82) is 0 Å². The lowest BCUT2D eigenvalue weighted by Gasteiger charge is -2.42. The molecule has 1 aliphatic heterocycles. The maximum absolute atomic E-state index is 6.40. The Hall–Kier alpha value is -0.120. The third kappa shape index (κ3) is 4.44. The van der Waals surface area contributed by atoms with Gasteiger partial charge in [-0.1, -0.05) is 20.8 Å². The van der Waals surface area contributed by atoms with Crippen molar-refractivity contribution in [3.8, 4) is 0 Å². The van der Waals surface area contributed by atoms with Gasteiger partial charge in [0.2, 0.25) is 0 Å². The molecule has 2 fully saturated rings. The third-order valence-electron chi connectivity index (χ3n) is 5.18. The second-order valence-electron chi connectivity index (χ2n) is 6.99. The van der Waals surface area contributed by atoms with Crippen molar-refractivity contribution in [2.75, 3.05) is 26.3 Å². The van der Waals surface area contributed by atoms with Gasteiger partial charge in [-0.05, 0) is 56.9 Å². The first-order chi connectivity index (χ1) is 9.65. The number of hydrogen-bond donors (Lipinski definition) is 1. The molecule has 0 bridgehead atoms. The van der Waals surface area contributed by atoms with Gasteiger partial charge in [0.25, 0.3) is 0 Å². The molecule has 0 radical (unpaired) electrons. The molecule has 1 saturated heterocycles. The topological polar surface area (TPSA) is 30.5 Å². The number of nitrogens with one attached hydrogen (secondary N) is 1. The first-order valence-corrected chi connectivity index (χ1v) is 8.61. The molecule has 118 valence electrons. The Bertz CT molecular complexity index is 266. The molecule has 0 aromatic heterocycles. The number of likely N-dealkylation sites (N-methyl/N-ethyl adjacent to an activating group) is 1. The summed E-state index contributed by atoms with van der Waals surface area (Å²) in [6, 6.07) is 0. The lowest BCUT2D eigenvalue weighted by molar-refractivity contribution is -0.108. The molecular formula is C17H33NO2. The molecule has 1 unspecified atom stereocenters. The van der Waals surface area contributed by atoms with Crippen LogP contribution in [0.2, 0.25) is 0 Å². The summed E-state index contributed by atoms with van der Waals surface area (Å²) < 4.78 is 12.1. The summed E-state index contributed by atoms with van der Waals surface area (Å²) in [7, 11) is 0. The summed E-state index contributed by atoms with van der Waals surface area (Å²) >= 11 is 0. The molecule has 0 aromatic rings. The molecule has 0 aromatic carbocycles. The Labute approximate surface area is 124 Å². The van der Waals surface area contributed by atoms with Crippen LogP contribution in [-0.4, -0.2) is 38.0 Å². The summed E-state index contributed by atoms with van der Waals surface area (Å²) in [5.41, 5.74) is 0.0628. The Kier molecular flexibility index (Phi) is 6.31. The van der Waals surface area contributed by atoms with Crippen LogP contribution in [0.3, 0.4) is 0 Å². The normalized spacial score (nSPS) is 34.8. The van der Waals surface area contributed by atoms with Gasteiger partial charge in [-0.25, -0.2) is 0 Å². The molecule has 0 spiro atoms. The van der Waals surface area contributed by atoms with Gasteiger partial charge in [0, 0.05) is 13.2 Å². The summed E-state index contributed by atoms with van der Waals surface area (Å²) in [5.74, 6) is 1.70. The Balaban J connectivity index is 1.85. The second-order valence-corrected chi connectivity index (χ2v) is 6.99. The van der Waals surface area contributed by atoms with E-state index in [4.69, 9.17) is 9.47 Å². The fraction of sp³-hybridized carbons (Fsp3) is 1.00. The van der Waals surface area contributed by atoms with Crippen molar-refractivity contribution >= 4 is 0 Å². The first-order valence-electron chi connectivity index (χ1n) is 8.61. The molecule has 1 heterocycles. The van der Waals surface area contributed by atoms with E-state index < -0.39 is 0 Å². The van der Waals surface area contributed by atoms with Gasteiger partial charge in [-0.15, -0.1) is 0 Å². The van der Waals surface area contributed by atoms with Crippen molar-refractivity contribution in [1.82, 2.24) is 5.32 Å². The highest BCUT2D eigenvalue weighted by molar-refractivity contribution is 4.90. The fourth-order valence-corrected chi connectivity index (χ4v) is 3.60. The zero-order valence-corrected chi connectivity index (χ0v) is 13.6. The summed E-state index contributed by atoms with van der Waals surface area (Å²) in [6.07, 6.45) is 7.75. The summed E-state index contributed by atoms with van der Waals surface area (Å²) in [4.78, 5) is 0. The second kappa shape index (κ2) is 7.77. The lowest BCUT2D eigenvalue weighted by atomic mass is 9.74. The predicted octanol–water partition coefficient (Wildman–Crippen LogP) is 3.38. The zero-order valence-electron chi connectivity index (χ0n) is 13.6. The quantitative estimate of drug-likeness (QED) is 0.777. The molecule has 3 nitrogen and oxygen atoms in total. The van der Waals surface area contributed by atoms with E-state index >= 15 is 0 Å². The van der Waals surface area contributed by atoms with Gasteiger partial charge >= 0.3 is 0 Å². The van der Waals surface area contributed by atoms with Crippen molar-refractivity contribution in [3.63, 3.8) is 0 Å². The van der Waals surface area contributed by atoms with Gasteiger partial charge in [0.1, 0.15) is 0 Å². The maximum Gasteiger partial charge on any atom is 0.0809 e. The highest BCUT2D eigenvalue weighted by atomic mass is 16.5. The molecule has 1 N–H and O–H groups in total. The van der Waals surface area contributed by atoms with E-state index in [0.29, 0.717) is 6.10 Å². The molecule has 1 saturated carbocycles. The largest absolute Gasteiger partial charge is 0.376 e. The van der Waals surface area contributed by atoms with Crippen molar-refractivity contribution in [3.05, 3.63) is 0 Å². The van der Waals surface area contributed by atoms with Crippen LogP contribution in [0.1, 0.15) is 59.3 Å². The van der Waals surface area contributed by atoms with E-state index in [9.17, 15) is 0 Å². The Morgan fingerprint density at radius 3 is 2.55 bits per heavy atom. The average molecular weight is 283 g/mol. The van der Waals surface area contributed by atoms with E-state index in [0.717, 1.165) is 38.1 Å². The molecule has 20 heavy (non-hydrogen) atoms. The van der Waals surface area contributed by atoms with Crippen LogP contribution in [0.25, 0.3) is 0 Å². The molecule has 2 rings (SSSR count). The van der Waals surface area contributed by atoms with Gasteiger partial charge in [-0.3, -0.25) is 0 Å². The summed E-state index contributed by atoms with van der Waals surface area (Å²) in [6.45, 7) is 10.6. The van der Waals surface area contributed by atoms with Crippen LogP contribution in [0.15, 0.2) is 0 Å². The van der Waals surface area contributed by atoms with Gasteiger partial charge < -0.3 is 14.8 Å². The van der Waals surface area contributed by atoms with Crippen LogP contribution in [0, 0.1) is 11.8 Å². The molecule has 2 aliphatic rings. The summed E-state index contributed by atoms with van der Waals surface area (Å²) in [5, 5.41) is 3.51. The van der Waals surface area contributed by atoms with Crippen LogP contribution >= 0.6 is 0 Å². The molecule has 1 atom stereocenters. The number of hydrogen-bond acceptors (Lipinski definition) is 3. The van der Waals surface area contributed by atoms with E-state index in [1.54, 1.807) is 0 Å². The average Bonchev–Trinajstić information content (AvgIpc) is 2.97. The van der Waals surface area contributed by atoms with Gasteiger partial charge in [0.15, 0.2) is 0 Å². The van der Waals surface area contributed by atoms with Crippen molar-refractivity contribution in [2.45, 2.75) is 71.0 Å². The van der Waals surface area contributed by atoms with Crippen LogP contribution in [-0.2, 0) is 9.47 Å². The Morgan fingerprint density at radius 1 is 1.25 bits per heavy atom. The van der Waals surface area contributed by atoms with Crippen LogP contribution < -0.4 is 5.32 Å². The minimum Gasteiger partial charge on any atom is -0.376 e. The highest BCUT2D eigenvalue weighted by Crippen LogP contribution is 2.38. The standard InChI is InChI=1S/C17H33NO2/c1-4-18-13-17(20-12-16-6-5-11-19-16)9-7-15(8-10-17)14(2)3/h14-16,18H,4-13H2,1-3H3. The van der Waals surface area contributed by atoms with Gasteiger partial charge in [-0.2, -0.15) is 0 Å². The molecule has 1 aliphatic carbocycles. The number of rotatable bonds is 7. The highest BCUT2D eigenvalue weighted by Gasteiger charge is 2.37. The van der Waals surface area contributed by atoms with Crippen molar-refractivity contribution < 1.29 is 9.47 Å². The zero-order chi connectivity index (χ0) is 14.4. The molecule has 3 heteroatoms. The van der Waals surface area contributed by atoms with Crippen LogP contribution in [0.4, 0.5) is 0 Å². The Morgan fingerprint density at radius 2 is 2.00 bits per heavy atom. The predicted molar refractivity (Wildman–Crippen MR) is 83.0 cm³/mol. The lowest BCUT2D eigenvalue weighted by Crippen LogP contribution is -2.47. The van der Waals surface area contributed by atoms with E-state index in [2.05, 4.69) is 26.1 Å². The first kappa shape index (κ1) is 16.3. The van der Waals surface area contributed by atoms with Crippen molar-refractivity contribution in [2.24, 2.45) is 11.8 Å². The molecule has 0 amide bonds. The van der Waals surface area contributed by atoms with E-state index in [1.165, 1.54) is 38.5 Å². The monoisotopic (exact) mass is 283 g/mol. The minimum absolute atomic E-state index is 0.0628. The van der Waals surface area contributed by atoms with E-state index in [-0.39, 0.29) is 5.60 Å². The van der Waals surface area contributed by atoms with Crippen LogP contribution in [0.5, 0.6) is 0 Å². The SMILES string of the molecule is CCNCC1(OCC2CCCO2)CCC(C(C)C)CC1. The fourth-order valence-electron chi connectivity index (χ4n) is 3.60. The smallest absolute Gasteiger partial charge is 0.0809 e. The van der Waals surface area contributed by atoms with Gasteiger partial charge in [0.05, 0.1) is 18.3 Å². The third-order valence-corrected chi connectivity index (χ3v) is 5.18.